The van der Waals surface area contributed by atoms with Crippen LogP contribution in [0.25, 0.3) is 22.0 Å². The molecule has 1 saturated heterocycles. The fourth-order valence-corrected chi connectivity index (χ4v) is 5.19. The molecular weight excluding hydrogens is 408 g/mol. The van der Waals surface area contributed by atoms with Crippen molar-refractivity contribution in [3.63, 3.8) is 0 Å². The molecule has 3 aromatic carbocycles. The highest BCUT2D eigenvalue weighted by molar-refractivity contribution is 5.92. The van der Waals surface area contributed by atoms with E-state index in [0.29, 0.717) is 0 Å². The van der Waals surface area contributed by atoms with Crippen molar-refractivity contribution < 1.29 is 4.79 Å². The van der Waals surface area contributed by atoms with E-state index < -0.39 is 0 Å². The lowest BCUT2D eigenvalue weighted by molar-refractivity contribution is -0.139. The Morgan fingerprint density at radius 1 is 0.970 bits per heavy atom. The van der Waals surface area contributed by atoms with Crippen LogP contribution in [-0.4, -0.2) is 52.4 Å². The maximum Gasteiger partial charge on any atom is 0.233 e. The molecule has 0 spiro atoms. The molecule has 1 aromatic heterocycles. The molecule has 1 unspecified atom stereocenters. The van der Waals surface area contributed by atoms with Gasteiger partial charge in [0.2, 0.25) is 5.91 Å². The quantitative estimate of drug-likeness (QED) is 0.501. The minimum atomic E-state index is -0.358. The standard InChI is InChI=1S/C28H28N4O/c1-31-15-16-32(27(33)28(13-14-28)23-9-3-2-4-10-23)25(19-31)26-29-18-24(30-26)22-12-11-20-7-5-6-8-21(20)17-22/h2-12,17-18,25H,13-16,19H2,1H3,(H,29,30). The van der Waals surface area contributed by atoms with Crippen molar-refractivity contribution in [2.45, 2.75) is 24.3 Å². The van der Waals surface area contributed by atoms with Crippen molar-refractivity contribution in [2.75, 3.05) is 26.7 Å². The lowest BCUT2D eigenvalue weighted by Crippen LogP contribution is -2.52. The second kappa shape index (κ2) is 7.85. The topological polar surface area (TPSA) is 52.2 Å². The fraction of sp³-hybridized carbons (Fsp3) is 0.286. The summed E-state index contributed by atoms with van der Waals surface area (Å²) >= 11 is 0. The Hall–Kier alpha value is -3.44. The van der Waals surface area contributed by atoms with Gasteiger partial charge in [-0.25, -0.2) is 4.98 Å². The third kappa shape index (κ3) is 3.53. The Morgan fingerprint density at radius 2 is 1.73 bits per heavy atom. The Morgan fingerprint density at radius 3 is 2.52 bits per heavy atom. The number of fused-ring (bicyclic) bond motifs is 1. The zero-order valence-corrected chi connectivity index (χ0v) is 18.9. The molecule has 0 radical (unpaired) electrons. The average Bonchev–Trinajstić information content (AvgIpc) is 3.53. The van der Waals surface area contributed by atoms with Crippen LogP contribution >= 0.6 is 0 Å². The largest absolute Gasteiger partial charge is 0.340 e. The summed E-state index contributed by atoms with van der Waals surface area (Å²) in [5.41, 5.74) is 2.88. The van der Waals surface area contributed by atoms with Crippen LogP contribution in [0.1, 0.15) is 30.3 Å². The van der Waals surface area contributed by atoms with Crippen molar-refractivity contribution in [1.29, 1.82) is 0 Å². The number of hydrogen-bond acceptors (Lipinski definition) is 3. The molecule has 1 aliphatic carbocycles. The summed E-state index contributed by atoms with van der Waals surface area (Å²) in [6.45, 7) is 2.38. The Bertz CT molecular complexity index is 1310. The average molecular weight is 437 g/mol. The third-order valence-electron chi connectivity index (χ3n) is 7.30. The zero-order valence-electron chi connectivity index (χ0n) is 18.9. The van der Waals surface area contributed by atoms with Crippen LogP contribution in [0.2, 0.25) is 0 Å². The maximum absolute atomic E-state index is 13.9. The molecular formula is C28H28N4O. The van der Waals surface area contributed by atoms with E-state index in [1.165, 1.54) is 10.8 Å². The first-order chi connectivity index (χ1) is 16.1. The van der Waals surface area contributed by atoms with Gasteiger partial charge >= 0.3 is 0 Å². The van der Waals surface area contributed by atoms with Gasteiger partial charge in [0.05, 0.1) is 17.3 Å². The first kappa shape index (κ1) is 20.2. The number of nitrogens with one attached hydrogen (secondary N) is 1. The van der Waals surface area contributed by atoms with E-state index in [0.717, 1.165) is 55.1 Å². The predicted molar refractivity (Wildman–Crippen MR) is 131 cm³/mol. The van der Waals surface area contributed by atoms with Gasteiger partial charge in [-0.1, -0.05) is 66.7 Å². The van der Waals surface area contributed by atoms with Crippen LogP contribution in [-0.2, 0) is 10.2 Å². The fourth-order valence-electron chi connectivity index (χ4n) is 5.19. The molecule has 2 aliphatic rings. The molecule has 1 atom stereocenters. The molecule has 4 aromatic rings. The van der Waals surface area contributed by atoms with Gasteiger partial charge in [-0.2, -0.15) is 0 Å². The highest BCUT2D eigenvalue weighted by Crippen LogP contribution is 2.50. The van der Waals surface area contributed by atoms with Crippen LogP contribution < -0.4 is 0 Å². The smallest absolute Gasteiger partial charge is 0.233 e. The third-order valence-corrected chi connectivity index (χ3v) is 7.30. The molecule has 1 aliphatic heterocycles. The number of imidazole rings is 1. The van der Waals surface area contributed by atoms with Crippen LogP contribution in [0.15, 0.2) is 79.0 Å². The van der Waals surface area contributed by atoms with Crippen LogP contribution in [0.5, 0.6) is 0 Å². The summed E-state index contributed by atoms with van der Waals surface area (Å²) in [6.07, 6.45) is 3.76. The second-order valence-corrected chi connectivity index (χ2v) is 9.47. The van der Waals surface area contributed by atoms with Gasteiger partial charge in [-0.15, -0.1) is 0 Å². The molecule has 6 rings (SSSR count). The molecule has 5 heteroatoms. The summed E-state index contributed by atoms with van der Waals surface area (Å²) < 4.78 is 0. The van der Waals surface area contributed by atoms with Crippen LogP contribution in [0.3, 0.4) is 0 Å². The van der Waals surface area contributed by atoms with Crippen molar-refractivity contribution in [3.05, 3.63) is 90.4 Å². The highest BCUT2D eigenvalue weighted by Gasteiger charge is 2.54. The number of aromatic amines is 1. The molecule has 1 amide bonds. The van der Waals surface area contributed by atoms with Crippen molar-refractivity contribution >= 4 is 16.7 Å². The summed E-state index contributed by atoms with van der Waals surface area (Å²) in [5, 5.41) is 2.43. The van der Waals surface area contributed by atoms with E-state index in [2.05, 4.69) is 76.4 Å². The second-order valence-electron chi connectivity index (χ2n) is 9.47. The molecule has 5 nitrogen and oxygen atoms in total. The SMILES string of the molecule is CN1CCN(C(=O)C2(c3ccccc3)CC2)C(c2ncc(-c3ccc4ccccc4c3)[nH]2)C1. The molecule has 1 saturated carbocycles. The summed E-state index contributed by atoms with van der Waals surface area (Å²) in [4.78, 5) is 26.5. The number of H-pyrrole nitrogens is 1. The molecule has 2 heterocycles. The number of nitrogens with zero attached hydrogens (tertiary/aromatic N) is 3. The predicted octanol–water partition coefficient (Wildman–Crippen LogP) is 4.78. The molecule has 33 heavy (non-hydrogen) atoms. The van der Waals surface area contributed by atoms with Gasteiger partial charge in [-0.05, 0) is 42.3 Å². The minimum Gasteiger partial charge on any atom is -0.340 e. The number of benzene rings is 3. The molecule has 166 valence electrons. The number of rotatable bonds is 4. The molecule has 2 fully saturated rings. The van der Waals surface area contributed by atoms with Gasteiger partial charge in [0.1, 0.15) is 11.9 Å². The maximum atomic E-state index is 13.9. The number of carbonyl (C=O) groups excluding carboxylic acids is 1. The Kier molecular flexibility index (Phi) is 4.80. The summed E-state index contributed by atoms with van der Waals surface area (Å²) in [5.74, 6) is 1.11. The first-order valence-corrected chi connectivity index (χ1v) is 11.7. The van der Waals surface area contributed by atoms with Crippen molar-refractivity contribution in [2.24, 2.45) is 0 Å². The molecule has 0 bridgehead atoms. The number of likely N-dealkylation sites (N-methyl/N-ethyl adjacent to an activating group) is 1. The van der Waals surface area contributed by atoms with Gasteiger partial charge in [0.15, 0.2) is 0 Å². The number of aromatic nitrogens is 2. The van der Waals surface area contributed by atoms with Gasteiger partial charge < -0.3 is 14.8 Å². The first-order valence-electron chi connectivity index (χ1n) is 11.7. The minimum absolute atomic E-state index is 0.0772. The van der Waals surface area contributed by atoms with E-state index in [1.54, 1.807) is 0 Å². The van der Waals surface area contributed by atoms with Crippen LogP contribution in [0, 0.1) is 0 Å². The lowest BCUT2D eigenvalue weighted by atomic mass is 9.93. The highest BCUT2D eigenvalue weighted by atomic mass is 16.2. The van der Waals surface area contributed by atoms with Crippen molar-refractivity contribution in [3.8, 4) is 11.3 Å². The summed E-state index contributed by atoms with van der Waals surface area (Å²) in [7, 11) is 2.12. The van der Waals surface area contributed by atoms with E-state index in [9.17, 15) is 4.79 Å². The molecule has 1 N–H and O–H groups in total. The number of carbonyl (C=O) groups is 1. The van der Waals surface area contributed by atoms with Gasteiger partial charge in [0.25, 0.3) is 0 Å². The zero-order chi connectivity index (χ0) is 22.4. The monoisotopic (exact) mass is 436 g/mol. The Labute approximate surface area is 194 Å². The summed E-state index contributed by atoms with van der Waals surface area (Å²) in [6, 6.07) is 25.0. The van der Waals surface area contributed by atoms with E-state index in [1.807, 2.05) is 24.4 Å². The Balaban J connectivity index is 1.32. The van der Waals surface area contributed by atoms with E-state index in [-0.39, 0.29) is 17.4 Å². The van der Waals surface area contributed by atoms with Crippen LogP contribution in [0.4, 0.5) is 0 Å². The number of hydrogen-bond donors (Lipinski definition) is 1. The normalized spacial score (nSPS) is 20.2. The number of amides is 1. The van der Waals surface area contributed by atoms with Gasteiger partial charge in [-0.3, -0.25) is 4.79 Å². The lowest BCUT2D eigenvalue weighted by Gasteiger charge is -2.41. The van der Waals surface area contributed by atoms with E-state index >= 15 is 0 Å². The van der Waals surface area contributed by atoms with Crippen molar-refractivity contribution in [1.82, 2.24) is 19.8 Å². The van der Waals surface area contributed by atoms with Gasteiger partial charge in [0, 0.05) is 25.2 Å². The number of piperazine rings is 1. The van der Waals surface area contributed by atoms with E-state index in [4.69, 9.17) is 4.98 Å².